The zero-order chi connectivity index (χ0) is 16.9. The summed E-state index contributed by atoms with van der Waals surface area (Å²) in [6.45, 7) is 0.368. The van der Waals surface area contributed by atoms with Crippen LogP contribution in [0.1, 0.15) is 11.4 Å². The summed E-state index contributed by atoms with van der Waals surface area (Å²) in [4.78, 5) is 8.72. The van der Waals surface area contributed by atoms with Gasteiger partial charge < -0.3 is 9.88 Å². The van der Waals surface area contributed by atoms with Gasteiger partial charge in [0.25, 0.3) is 0 Å². The smallest absolute Gasteiger partial charge is 0.363 e. The number of para-hydroxylation sites is 1. The molecule has 1 N–H and O–H groups in total. The maximum absolute atomic E-state index is 13.1. The molecule has 0 atom stereocenters. The molecule has 0 saturated carbocycles. The van der Waals surface area contributed by atoms with Crippen LogP contribution in [0, 0.1) is 0 Å². The first-order chi connectivity index (χ1) is 11.4. The molecule has 1 aliphatic heterocycles. The molecule has 1 aliphatic rings. The quantitative estimate of drug-likeness (QED) is 0.637. The minimum Gasteiger partial charge on any atom is -0.363 e. The minimum atomic E-state index is -4.50. The summed E-state index contributed by atoms with van der Waals surface area (Å²) < 4.78 is 39.3. The van der Waals surface area contributed by atoms with E-state index in [9.17, 15) is 13.2 Å². The molecule has 0 aliphatic carbocycles. The molecule has 3 heterocycles. The number of aromatic nitrogens is 2. The van der Waals surface area contributed by atoms with Gasteiger partial charge in [-0.3, -0.25) is 0 Å². The Labute approximate surface area is 140 Å². The number of nitrogens with one attached hydrogen (secondary N) is 1. The topological polar surface area (TPSA) is 31.9 Å². The Morgan fingerprint density at radius 2 is 1.83 bits per heavy atom. The number of aromatic amines is 1. The third-order valence-electron chi connectivity index (χ3n) is 4.00. The van der Waals surface area contributed by atoms with Gasteiger partial charge in [-0.1, -0.05) is 23.7 Å². The summed E-state index contributed by atoms with van der Waals surface area (Å²) in [5.41, 5.74) is 2.11. The number of fused-ring (bicyclic) bond motifs is 3. The van der Waals surface area contributed by atoms with Crippen molar-refractivity contribution < 1.29 is 13.2 Å². The number of benzene rings is 1. The van der Waals surface area contributed by atoms with Crippen molar-refractivity contribution in [2.24, 2.45) is 0 Å². The van der Waals surface area contributed by atoms with Crippen molar-refractivity contribution in [2.45, 2.75) is 12.7 Å². The van der Waals surface area contributed by atoms with Crippen molar-refractivity contribution in [1.29, 1.82) is 0 Å². The van der Waals surface area contributed by atoms with E-state index in [1.807, 2.05) is 6.07 Å². The van der Waals surface area contributed by atoms with Crippen molar-refractivity contribution in [3.05, 3.63) is 65.1 Å². The van der Waals surface area contributed by atoms with Crippen molar-refractivity contribution in [3.63, 3.8) is 0 Å². The summed E-state index contributed by atoms with van der Waals surface area (Å²) in [6, 6.07) is 11.3. The van der Waals surface area contributed by atoms with Crippen LogP contribution in [0.25, 0.3) is 11.1 Å². The van der Waals surface area contributed by atoms with Crippen molar-refractivity contribution in [3.8, 4) is 11.1 Å². The lowest BCUT2D eigenvalue weighted by molar-refractivity contribution is -0.141. The predicted octanol–water partition coefficient (Wildman–Crippen LogP) is 5.40. The van der Waals surface area contributed by atoms with Crippen LogP contribution < -0.4 is 4.90 Å². The van der Waals surface area contributed by atoms with Crippen LogP contribution in [-0.2, 0) is 12.7 Å². The molecule has 3 nitrogen and oxygen atoms in total. The van der Waals surface area contributed by atoms with E-state index in [2.05, 4.69) is 9.97 Å². The van der Waals surface area contributed by atoms with Gasteiger partial charge in [0.2, 0.25) is 0 Å². The number of hydrogen-bond acceptors (Lipinski definition) is 2. The first-order valence-corrected chi connectivity index (χ1v) is 7.60. The van der Waals surface area contributed by atoms with E-state index in [-0.39, 0.29) is 5.82 Å². The number of rotatable bonds is 1. The van der Waals surface area contributed by atoms with Gasteiger partial charge in [-0.2, -0.15) is 13.2 Å². The zero-order valence-corrected chi connectivity index (χ0v) is 13.0. The molecule has 0 saturated heterocycles. The first-order valence-electron chi connectivity index (χ1n) is 7.22. The van der Waals surface area contributed by atoms with Crippen molar-refractivity contribution >= 4 is 23.1 Å². The lowest BCUT2D eigenvalue weighted by atomic mass is 10.0. The standard InChI is InChI=1S/C17H11ClF3N3/c18-12-3-1-2-4-14(12)24-9-13-10(7-8-22-13)11-5-6-15(17(19,20)21)23-16(11)24/h1-8,22H,9H2. The van der Waals surface area contributed by atoms with Gasteiger partial charge in [-0.15, -0.1) is 0 Å². The number of anilines is 2. The van der Waals surface area contributed by atoms with Crippen LogP contribution in [0.15, 0.2) is 48.7 Å². The van der Waals surface area contributed by atoms with Crippen LogP contribution in [0.4, 0.5) is 24.7 Å². The SMILES string of the molecule is FC(F)(F)c1ccc2c(n1)N(c1ccccc1Cl)Cc1[nH]ccc1-2. The fraction of sp³-hybridized carbons (Fsp3) is 0.118. The number of pyridine rings is 1. The largest absolute Gasteiger partial charge is 0.433 e. The van der Waals surface area contributed by atoms with E-state index < -0.39 is 11.9 Å². The molecule has 4 rings (SSSR count). The van der Waals surface area contributed by atoms with Crippen LogP contribution in [0.3, 0.4) is 0 Å². The molecular weight excluding hydrogens is 339 g/mol. The number of alkyl halides is 3. The molecule has 0 unspecified atom stereocenters. The van der Waals surface area contributed by atoms with Gasteiger partial charge >= 0.3 is 6.18 Å². The summed E-state index contributed by atoms with van der Waals surface area (Å²) in [7, 11) is 0. The van der Waals surface area contributed by atoms with Gasteiger partial charge in [-0.25, -0.2) is 4.98 Å². The lowest BCUT2D eigenvalue weighted by Gasteiger charge is -2.31. The van der Waals surface area contributed by atoms with Crippen molar-refractivity contribution in [2.75, 3.05) is 4.90 Å². The van der Waals surface area contributed by atoms with Gasteiger partial charge in [0.05, 0.1) is 17.3 Å². The molecule has 3 aromatic rings. The first kappa shape index (κ1) is 15.1. The lowest BCUT2D eigenvalue weighted by Crippen LogP contribution is -2.24. The van der Waals surface area contributed by atoms with E-state index >= 15 is 0 Å². The van der Waals surface area contributed by atoms with Crippen molar-refractivity contribution in [1.82, 2.24) is 9.97 Å². The van der Waals surface area contributed by atoms with E-state index in [0.29, 0.717) is 22.8 Å². The highest BCUT2D eigenvalue weighted by Gasteiger charge is 2.35. The highest BCUT2D eigenvalue weighted by atomic mass is 35.5. The Bertz CT molecular complexity index is 917. The minimum absolute atomic E-state index is 0.255. The van der Waals surface area contributed by atoms with Crippen LogP contribution in [0.5, 0.6) is 0 Å². The molecule has 1 aromatic carbocycles. The highest BCUT2D eigenvalue weighted by molar-refractivity contribution is 6.33. The molecular formula is C17H11ClF3N3. The monoisotopic (exact) mass is 349 g/mol. The average molecular weight is 350 g/mol. The molecule has 24 heavy (non-hydrogen) atoms. The fourth-order valence-electron chi connectivity index (χ4n) is 2.91. The normalized spacial score (nSPS) is 13.6. The molecule has 0 bridgehead atoms. The fourth-order valence-corrected chi connectivity index (χ4v) is 3.15. The van der Waals surface area contributed by atoms with Crippen LogP contribution >= 0.6 is 11.6 Å². The Morgan fingerprint density at radius 3 is 2.58 bits per heavy atom. The number of H-pyrrole nitrogens is 1. The number of nitrogens with zero attached hydrogens (tertiary/aromatic N) is 2. The maximum Gasteiger partial charge on any atom is 0.433 e. The second-order valence-corrected chi connectivity index (χ2v) is 5.88. The third kappa shape index (κ3) is 2.34. The van der Waals surface area contributed by atoms with E-state index in [0.717, 1.165) is 17.3 Å². The summed E-state index contributed by atoms with van der Waals surface area (Å²) in [6.07, 6.45) is -2.73. The second kappa shape index (κ2) is 5.27. The maximum atomic E-state index is 13.1. The van der Waals surface area contributed by atoms with Crippen LogP contribution in [0.2, 0.25) is 5.02 Å². The summed E-state index contributed by atoms with van der Waals surface area (Å²) >= 11 is 6.25. The Balaban J connectivity index is 1.95. The molecule has 0 radical (unpaired) electrons. The van der Waals surface area contributed by atoms with Gasteiger partial charge in [0.1, 0.15) is 11.5 Å². The molecule has 0 spiro atoms. The second-order valence-electron chi connectivity index (χ2n) is 5.47. The summed E-state index contributed by atoms with van der Waals surface area (Å²) in [5, 5.41) is 0.456. The van der Waals surface area contributed by atoms with Crippen LogP contribution in [-0.4, -0.2) is 9.97 Å². The van der Waals surface area contributed by atoms with Gasteiger partial charge in [0, 0.05) is 23.0 Å². The highest BCUT2D eigenvalue weighted by Crippen LogP contribution is 2.44. The molecule has 7 heteroatoms. The predicted molar refractivity (Wildman–Crippen MR) is 86.3 cm³/mol. The van der Waals surface area contributed by atoms with Gasteiger partial charge in [0.15, 0.2) is 0 Å². The average Bonchev–Trinajstić information content (AvgIpc) is 3.02. The Kier molecular flexibility index (Phi) is 3.31. The van der Waals surface area contributed by atoms with Gasteiger partial charge in [-0.05, 0) is 30.3 Å². The molecule has 0 fully saturated rings. The Hall–Kier alpha value is -2.47. The van der Waals surface area contributed by atoms with E-state index in [1.54, 1.807) is 35.4 Å². The number of hydrogen-bond donors (Lipinski definition) is 1. The summed E-state index contributed by atoms with van der Waals surface area (Å²) in [5.74, 6) is 0.255. The third-order valence-corrected chi connectivity index (χ3v) is 4.32. The molecule has 2 aromatic heterocycles. The van der Waals surface area contributed by atoms with E-state index in [4.69, 9.17) is 11.6 Å². The molecule has 122 valence electrons. The van der Waals surface area contributed by atoms with E-state index in [1.165, 1.54) is 6.07 Å². The number of halogens is 4. The zero-order valence-electron chi connectivity index (χ0n) is 12.2. The molecule has 0 amide bonds. The Morgan fingerprint density at radius 1 is 1.04 bits per heavy atom.